The molecule has 1 heterocycles. The number of aromatic carboxylic acids is 1. The number of carbonyl (C=O) groups is 1. The van der Waals surface area contributed by atoms with Crippen LogP contribution in [-0.4, -0.2) is 51.0 Å². The van der Waals surface area contributed by atoms with E-state index < -0.39 is 5.97 Å². The van der Waals surface area contributed by atoms with Crippen molar-refractivity contribution < 1.29 is 19.7 Å². The molecule has 1 saturated carbocycles. The van der Waals surface area contributed by atoms with E-state index in [4.69, 9.17) is 14.9 Å². The van der Waals surface area contributed by atoms with Crippen molar-refractivity contribution in [3.63, 3.8) is 0 Å². The number of carboxylic acid groups (broad SMARTS) is 1. The molecule has 0 bridgehead atoms. The first-order valence-electron chi connectivity index (χ1n) is 6.09. The minimum Gasteiger partial charge on any atom is -0.476 e. The molecule has 0 saturated heterocycles. The monoisotopic (exact) mass is 255 g/mol. The summed E-state index contributed by atoms with van der Waals surface area (Å²) in [5, 5.41) is 25.3. The highest BCUT2D eigenvalue weighted by molar-refractivity contribution is 5.86. The van der Waals surface area contributed by atoms with Crippen LogP contribution in [0.1, 0.15) is 41.4 Å². The zero-order valence-electron chi connectivity index (χ0n) is 10.1. The molecule has 0 unspecified atom stereocenters. The molecule has 0 aromatic carbocycles. The molecule has 1 aromatic heterocycles. The Labute approximate surface area is 104 Å². The number of aromatic nitrogens is 3. The number of aliphatic hydroxyl groups is 1. The van der Waals surface area contributed by atoms with E-state index in [9.17, 15) is 4.79 Å². The molecule has 1 aromatic rings. The van der Waals surface area contributed by atoms with Crippen molar-refractivity contribution in [1.82, 2.24) is 15.0 Å². The van der Waals surface area contributed by atoms with Crippen molar-refractivity contribution in [2.24, 2.45) is 0 Å². The number of hydrogen-bond donors (Lipinski definition) is 2. The van der Waals surface area contributed by atoms with Gasteiger partial charge in [-0.1, -0.05) is 11.6 Å². The molecule has 7 nitrogen and oxygen atoms in total. The molecule has 0 atom stereocenters. The maximum atomic E-state index is 11.1. The molecule has 1 fully saturated rings. The van der Waals surface area contributed by atoms with E-state index in [0.29, 0.717) is 18.8 Å². The smallest absolute Gasteiger partial charge is 0.358 e. The highest BCUT2D eigenvalue weighted by Crippen LogP contribution is 2.37. The van der Waals surface area contributed by atoms with E-state index >= 15 is 0 Å². The van der Waals surface area contributed by atoms with Gasteiger partial charge in [0.25, 0.3) is 0 Å². The third kappa shape index (κ3) is 2.68. The van der Waals surface area contributed by atoms with Crippen molar-refractivity contribution in [1.29, 1.82) is 0 Å². The first-order chi connectivity index (χ1) is 8.74. The molecule has 2 N–H and O–H groups in total. The standard InChI is InChI=1S/C11H17N3O4/c15-5-7-18-6-4-14-10(8-2-1-3-8)9(11(16)17)12-13-14/h8,15H,1-7H2,(H,16,17). The highest BCUT2D eigenvalue weighted by atomic mass is 16.5. The van der Waals surface area contributed by atoms with Crippen LogP contribution in [0.2, 0.25) is 0 Å². The van der Waals surface area contributed by atoms with Crippen LogP contribution < -0.4 is 0 Å². The Kier molecular flexibility index (Phi) is 4.27. The summed E-state index contributed by atoms with van der Waals surface area (Å²) < 4.78 is 6.77. The van der Waals surface area contributed by atoms with E-state index in [-0.39, 0.29) is 24.8 Å². The van der Waals surface area contributed by atoms with Crippen LogP contribution >= 0.6 is 0 Å². The third-order valence-corrected chi connectivity index (χ3v) is 3.15. The van der Waals surface area contributed by atoms with Crippen LogP contribution in [0.5, 0.6) is 0 Å². The molecule has 0 spiro atoms. The van der Waals surface area contributed by atoms with Gasteiger partial charge in [0.2, 0.25) is 0 Å². The van der Waals surface area contributed by atoms with E-state index in [1.54, 1.807) is 4.68 Å². The van der Waals surface area contributed by atoms with Crippen LogP contribution in [0.4, 0.5) is 0 Å². The van der Waals surface area contributed by atoms with Crippen LogP contribution in [0.15, 0.2) is 0 Å². The molecule has 0 radical (unpaired) electrons. The lowest BCUT2D eigenvalue weighted by molar-refractivity contribution is 0.0687. The van der Waals surface area contributed by atoms with Crippen molar-refractivity contribution in [3.05, 3.63) is 11.4 Å². The topological polar surface area (TPSA) is 97.5 Å². The van der Waals surface area contributed by atoms with E-state index in [1.165, 1.54) is 0 Å². The van der Waals surface area contributed by atoms with E-state index in [2.05, 4.69) is 10.3 Å². The highest BCUT2D eigenvalue weighted by Gasteiger charge is 2.30. The van der Waals surface area contributed by atoms with Crippen LogP contribution in [0, 0.1) is 0 Å². The number of ether oxygens (including phenoxy) is 1. The predicted octanol–water partition coefficient (Wildman–Crippen LogP) is 0.253. The van der Waals surface area contributed by atoms with Gasteiger partial charge in [-0.2, -0.15) is 0 Å². The van der Waals surface area contributed by atoms with Gasteiger partial charge in [0, 0.05) is 5.92 Å². The summed E-state index contributed by atoms with van der Waals surface area (Å²) in [5.74, 6) is -0.775. The largest absolute Gasteiger partial charge is 0.476 e. The molecule has 0 amide bonds. The average molecular weight is 255 g/mol. The SMILES string of the molecule is O=C(O)c1nnn(CCOCCO)c1C1CCC1. The molecule has 7 heteroatoms. The summed E-state index contributed by atoms with van der Waals surface area (Å²) in [5.41, 5.74) is 0.767. The fraction of sp³-hybridized carbons (Fsp3) is 0.727. The minimum atomic E-state index is -1.03. The second-order valence-electron chi connectivity index (χ2n) is 4.32. The van der Waals surface area contributed by atoms with E-state index in [0.717, 1.165) is 19.3 Å². The fourth-order valence-electron chi connectivity index (χ4n) is 2.04. The van der Waals surface area contributed by atoms with Gasteiger partial charge < -0.3 is 14.9 Å². The molecule has 18 heavy (non-hydrogen) atoms. The van der Waals surface area contributed by atoms with Crippen LogP contribution in [0.25, 0.3) is 0 Å². The summed E-state index contributed by atoms with van der Waals surface area (Å²) in [6, 6.07) is 0. The minimum absolute atomic E-state index is 0.0206. The molecule has 1 aliphatic rings. The van der Waals surface area contributed by atoms with Gasteiger partial charge in [-0.05, 0) is 12.8 Å². The van der Waals surface area contributed by atoms with Gasteiger partial charge in [-0.15, -0.1) is 5.10 Å². The number of nitrogens with zero attached hydrogens (tertiary/aromatic N) is 3. The normalized spacial score (nSPS) is 15.6. The lowest BCUT2D eigenvalue weighted by atomic mass is 9.82. The maximum absolute atomic E-state index is 11.1. The Bertz CT molecular complexity index is 414. The summed E-state index contributed by atoms with van der Waals surface area (Å²) in [7, 11) is 0. The zero-order valence-corrected chi connectivity index (χ0v) is 10.1. The maximum Gasteiger partial charge on any atom is 0.358 e. The predicted molar refractivity (Wildman–Crippen MR) is 61.5 cm³/mol. The Morgan fingerprint density at radius 2 is 2.22 bits per heavy atom. The van der Waals surface area contributed by atoms with Crippen molar-refractivity contribution in [2.45, 2.75) is 31.7 Å². The number of hydrogen-bond acceptors (Lipinski definition) is 5. The molecule has 1 aliphatic carbocycles. The van der Waals surface area contributed by atoms with Crippen molar-refractivity contribution in [2.75, 3.05) is 19.8 Å². The number of aliphatic hydroxyl groups excluding tert-OH is 1. The quantitative estimate of drug-likeness (QED) is 0.678. The summed E-state index contributed by atoms with van der Waals surface area (Å²) in [4.78, 5) is 11.1. The second kappa shape index (κ2) is 5.92. The van der Waals surface area contributed by atoms with Gasteiger partial charge in [-0.25, -0.2) is 9.48 Å². The Hall–Kier alpha value is -1.47. The Balaban J connectivity index is 2.06. The molecular formula is C11H17N3O4. The lowest BCUT2D eigenvalue weighted by Gasteiger charge is -2.26. The van der Waals surface area contributed by atoms with Gasteiger partial charge in [-0.3, -0.25) is 0 Å². The van der Waals surface area contributed by atoms with E-state index in [1.807, 2.05) is 0 Å². The van der Waals surface area contributed by atoms with Gasteiger partial charge >= 0.3 is 5.97 Å². The average Bonchev–Trinajstić information content (AvgIpc) is 2.66. The first-order valence-corrected chi connectivity index (χ1v) is 6.09. The Morgan fingerprint density at radius 3 is 2.78 bits per heavy atom. The van der Waals surface area contributed by atoms with Crippen molar-refractivity contribution >= 4 is 5.97 Å². The third-order valence-electron chi connectivity index (χ3n) is 3.15. The second-order valence-corrected chi connectivity index (χ2v) is 4.32. The Morgan fingerprint density at radius 1 is 1.44 bits per heavy atom. The number of carboxylic acids is 1. The van der Waals surface area contributed by atoms with Crippen LogP contribution in [-0.2, 0) is 11.3 Å². The summed E-state index contributed by atoms with van der Waals surface area (Å²) in [6.07, 6.45) is 3.10. The van der Waals surface area contributed by atoms with Gasteiger partial charge in [0.05, 0.1) is 32.1 Å². The molecule has 2 rings (SSSR count). The van der Waals surface area contributed by atoms with Gasteiger partial charge in [0.1, 0.15) is 0 Å². The molecular weight excluding hydrogens is 238 g/mol. The van der Waals surface area contributed by atoms with Crippen LogP contribution in [0.3, 0.4) is 0 Å². The van der Waals surface area contributed by atoms with Crippen molar-refractivity contribution in [3.8, 4) is 0 Å². The summed E-state index contributed by atoms with van der Waals surface area (Å²) >= 11 is 0. The number of rotatable bonds is 7. The fourth-order valence-corrected chi connectivity index (χ4v) is 2.04. The molecule has 0 aliphatic heterocycles. The van der Waals surface area contributed by atoms with Gasteiger partial charge in [0.15, 0.2) is 5.69 Å². The zero-order chi connectivity index (χ0) is 13.0. The molecule has 100 valence electrons. The first kappa shape index (κ1) is 13.0. The summed E-state index contributed by atoms with van der Waals surface area (Å²) in [6.45, 7) is 1.11. The lowest BCUT2D eigenvalue weighted by Crippen LogP contribution is -2.20.